The summed E-state index contributed by atoms with van der Waals surface area (Å²) in [6.45, 7) is 2.93. The molecule has 3 heterocycles. The summed E-state index contributed by atoms with van der Waals surface area (Å²) in [7, 11) is -1.31. The summed E-state index contributed by atoms with van der Waals surface area (Å²) in [4.78, 5) is 18.6. The maximum absolute atomic E-state index is 15.0. The van der Waals surface area contributed by atoms with E-state index in [0.717, 1.165) is 0 Å². The number of piperidine rings is 1. The van der Waals surface area contributed by atoms with Crippen molar-refractivity contribution in [2.24, 2.45) is 0 Å². The number of aromatic nitrogens is 1. The highest BCUT2D eigenvalue weighted by Crippen LogP contribution is 2.62. The number of carbonyl (C=O) groups excluding carboxylic acids is 1. The highest BCUT2D eigenvalue weighted by Gasteiger charge is 2.56. The zero-order chi connectivity index (χ0) is 24.0. The van der Waals surface area contributed by atoms with Gasteiger partial charge in [0, 0.05) is 30.5 Å². The summed E-state index contributed by atoms with van der Waals surface area (Å²) < 4.78 is 36.3. The van der Waals surface area contributed by atoms with Crippen molar-refractivity contribution < 1.29 is 18.3 Å². The van der Waals surface area contributed by atoms with Crippen molar-refractivity contribution in [2.75, 3.05) is 31.2 Å². The van der Waals surface area contributed by atoms with Gasteiger partial charge in [-0.3, -0.25) is 19.3 Å². The fourth-order valence-corrected chi connectivity index (χ4v) is 7.20. The number of amides is 1. The summed E-state index contributed by atoms with van der Waals surface area (Å²) >= 11 is 5.81. The molecule has 2 aromatic rings. The van der Waals surface area contributed by atoms with Gasteiger partial charge in [0.2, 0.25) is 0 Å². The van der Waals surface area contributed by atoms with Crippen LogP contribution in [0.5, 0.6) is 0 Å². The Kier molecular flexibility index (Phi) is 6.17. The monoisotopic (exact) mass is 495 g/mol. The molecule has 178 valence electrons. The predicted molar refractivity (Wildman–Crippen MR) is 129 cm³/mol. The maximum Gasteiger partial charge on any atom is 0.274 e. The number of benzene rings is 1. The predicted octanol–water partition coefficient (Wildman–Crippen LogP) is 4.14. The third-order valence-electron chi connectivity index (χ3n) is 6.55. The molecule has 33 heavy (non-hydrogen) atoms. The maximum atomic E-state index is 15.0. The summed E-state index contributed by atoms with van der Waals surface area (Å²) in [5, 5.41) is 14.8. The van der Waals surface area contributed by atoms with E-state index in [1.165, 1.54) is 30.5 Å². The van der Waals surface area contributed by atoms with Crippen molar-refractivity contribution in [3.8, 4) is 0 Å². The van der Waals surface area contributed by atoms with Crippen LogP contribution in [-0.2, 0) is 5.54 Å². The van der Waals surface area contributed by atoms with E-state index in [-0.39, 0.29) is 22.8 Å². The number of pyridine rings is 1. The van der Waals surface area contributed by atoms with Crippen LogP contribution in [0.2, 0.25) is 5.02 Å². The number of nitrogens with zero attached hydrogens (tertiary/aromatic N) is 2. The van der Waals surface area contributed by atoms with Crippen LogP contribution in [0.1, 0.15) is 35.8 Å². The number of rotatable bonds is 3. The Hall–Kier alpha value is -2.24. The minimum absolute atomic E-state index is 0.0172. The van der Waals surface area contributed by atoms with Crippen molar-refractivity contribution in [1.29, 1.82) is 5.41 Å². The van der Waals surface area contributed by atoms with Gasteiger partial charge in [-0.15, -0.1) is 0 Å². The average Bonchev–Trinajstić information content (AvgIpc) is 2.74. The fraction of sp³-hybridized carbons (Fsp3) is 0.409. The minimum Gasteiger partial charge on any atom is -0.361 e. The van der Waals surface area contributed by atoms with Crippen LogP contribution in [0.3, 0.4) is 0 Å². The van der Waals surface area contributed by atoms with Crippen molar-refractivity contribution >= 4 is 39.6 Å². The summed E-state index contributed by atoms with van der Waals surface area (Å²) in [5.74, 6) is -1.19. The molecule has 4 rings (SSSR count). The molecule has 1 aromatic heterocycles. The first kappa shape index (κ1) is 23.9. The molecule has 2 aliphatic heterocycles. The van der Waals surface area contributed by atoms with Gasteiger partial charge in [0.15, 0.2) is 0 Å². The molecule has 2 saturated heterocycles. The highest BCUT2D eigenvalue weighted by atomic mass is 35.5. The zero-order valence-electron chi connectivity index (χ0n) is 18.4. The number of halogens is 2. The van der Waals surface area contributed by atoms with E-state index in [4.69, 9.17) is 17.0 Å². The van der Waals surface area contributed by atoms with Crippen LogP contribution in [0.4, 0.5) is 10.1 Å². The Morgan fingerprint density at radius 1 is 1.30 bits per heavy atom. The topological polar surface area (TPSA) is 122 Å². The Labute approximate surface area is 198 Å². The number of carbonyl (C=O) groups is 1. The number of hydrogen-bond acceptors (Lipinski definition) is 6. The third-order valence-corrected chi connectivity index (χ3v) is 9.61. The Bertz CT molecular complexity index is 1090. The van der Waals surface area contributed by atoms with E-state index in [2.05, 4.69) is 20.5 Å². The molecule has 0 aliphatic carbocycles. The van der Waals surface area contributed by atoms with Gasteiger partial charge >= 0.3 is 0 Å². The van der Waals surface area contributed by atoms with Crippen molar-refractivity contribution in [1.82, 2.24) is 15.2 Å². The van der Waals surface area contributed by atoms with E-state index < -0.39 is 32.6 Å². The number of amidine groups is 1. The molecule has 1 aromatic carbocycles. The summed E-state index contributed by atoms with van der Waals surface area (Å²) in [5.41, 5.74) is -0.642. The van der Waals surface area contributed by atoms with Crippen molar-refractivity contribution in [2.45, 2.75) is 30.1 Å². The number of hydrogen-bond donors (Lipinski definition) is 5. The second-order valence-corrected chi connectivity index (χ2v) is 11.8. The van der Waals surface area contributed by atoms with Gasteiger partial charge in [0.05, 0.1) is 16.3 Å². The SMILES string of the molecule is CN1CCC2(CC1)C(=N)NC(C)(c1cc(NC(=O)c3ccc(Cl)cn3)ccc1F)CS2(O)O. The molecule has 0 saturated carbocycles. The van der Waals surface area contributed by atoms with Gasteiger partial charge in [0.25, 0.3) is 5.91 Å². The number of anilines is 1. The Balaban J connectivity index is 1.61. The number of likely N-dealkylation sites (tertiary alicyclic amines) is 1. The van der Waals surface area contributed by atoms with Gasteiger partial charge in [-0.1, -0.05) is 11.6 Å². The smallest absolute Gasteiger partial charge is 0.274 e. The molecular weight excluding hydrogens is 469 g/mol. The van der Waals surface area contributed by atoms with E-state index in [1.807, 2.05) is 7.05 Å². The first-order valence-electron chi connectivity index (χ1n) is 10.5. The van der Waals surface area contributed by atoms with E-state index in [9.17, 15) is 18.3 Å². The quantitative estimate of drug-likeness (QED) is 0.436. The van der Waals surface area contributed by atoms with Crippen LogP contribution >= 0.6 is 22.2 Å². The van der Waals surface area contributed by atoms with Crippen molar-refractivity contribution in [3.05, 3.63) is 58.6 Å². The molecular formula is C22H27ClFN5O3S. The lowest BCUT2D eigenvalue weighted by Crippen LogP contribution is -2.66. The van der Waals surface area contributed by atoms with Crippen LogP contribution in [0, 0.1) is 11.2 Å². The van der Waals surface area contributed by atoms with Gasteiger partial charge in [-0.25, -0.2) is 9.37 Å². The van der Waals surface area contributed by atoms with Crippen molar-refractivity contribution in [3.63, 3.8) is 0 Å². The number of nitrogens with one attached hydrogen (secondary N) is 3. The van der Waals surface area contributed by atoms with Crippen LogP contribution in [0.15, 0.2) is 36.5 Å². The molecule has 1 unspecified atom stereocenters. The zero-order valence-corrected chi connectivity index (χ0v) is 19.9. The van der Waals surface area contributed by atoms with Crippen LogP contribution < -0.4 is 10.6 Å². The van der Waals surface area contributed by atoms with Gasteiger partial charge in [0.1, 0.15) is 22.1 Å². The first-order valence-corrected chi connectivity index (χ1v) is 12.6. The van der Waals surface area contributed by atoms with E-state index >= 15 is 0 Å². The molecule has 0 radical (unpaired) electrons. The lowest BCUT2D eigenvalue weighted by atomic mass is 9.88. The van der Waals surface area contributed by atoms with Gasteiger partial charge in [-0.05, 0) is 57.1 Å². The molecule has 11 heteroatoms. The summed E-state index contributed by atoms with van der Waals surface area (Å²) in [6, 6.07) is 7.10. The standard InChI is InChI=1S/C22H27ClFN5O3S/c1-21(13-33(31,32)22(20(25)28-21)7-9-29(2)10-8-22)16-11-15(4-5-17(16)24)27-19(30)18-6-3-14(23)12-26-18/h3-6,11-12,31-32H,7-10,13H2,1-2H3,(H2,25,28)(H,27,30). The van der Waals surface area contributed by atoms with Crippen LogP contribution in [-0.4, -0.2) is 61.4 Å². The molecule has 1 atom stereocenters. The lowest BCUT2D eigenvalue weighted by Gasteiger charge is -2.60. The second kappa shape index (κ2) is 8.52. The van der Waals surface area contributed by atoms with Gasteiger partial charge in [-0.2, -0.15) is 10.6 Å². The van der Waals surface area contributed by atoms with E-state index in [1.54, 1.807) is 13.0 Å². The fourth-order valence-electron chi connectivity index (χ4n) is 4.56. The highest BCUT2D eigenvalue weighted by molar-refractivity contribution is 8.26. The average molecular weight is 496 g/mol. The van der Waals surface area contributed by atoms with Gasteiger partial charge < -0.3 is 15.5 Å². The molecule has 0 bridgehead atoms. The Morgan fingerprint density at radius 3 is 2.61 bits per heavy atom. The van der Waals surface area contributed by atoms with Crippen LogP contribution in [0.25, 0.3) is 0 Å². The molecule has 1 amide bonds. The second-order valence-electron chi connectivity index (χ2n) is 8.95. The summed E-state index contributed by atoms with van der Waals surface area (Å²) in [6.07, 6.45) is 2.25. The molecule has 2 aliphatic rings. The third kappa shape index (κ3) is 4.33. The molecule has 2 fully saturated rings. The minimum atomic E-state index is -3.26. The normalized spacial score (nSPS) is 25.3. The first-order chi connectivity index (χ1) is 15.5. The molecule has 1 spiro atoms. The largest absolute Gasteiger partial charge is 0.361 e. The lowest BCUT2D eigenvalue weighted by molar-refractivity contribution is 0.102. The molecule has 5 N–H and O–H groups in total. The van der Waals surface area contributed by atoms with E-state index in [0.29, 0.717) is 36.6 Å². The molecule has 8 nitrogen and oxygen atoms in total. The Morgan fingerprint density at radius 2 is 2.00 bits per heavy atom.